The molecule has 108 valence electrons. The lowest BCUT2D eigenvalue weighted by molar-refractivity contribution is -0.127. The summed E-state index contributed by atoms with van der Waals surface area (Å²) in [4.78, 5) is 26.8. The Hall–Kier alpha value is -1.52. The van der Waals surface area contributed by atoms with Crippen molar-refractivity contribution in [3.8, 4) is 0 Å². The molecular formula is C14H24N2O3. The average molecular weight is 268 g/mol. The lowest BCUT2D eigenvalue weighted by Gasteiger charge is -2.36. The second-order valence-electron chi connectivity index (χ2n) is 5.85. The van der Waals surface area contributed by atoms with E-state index in [-0.39, 0.29) is 18.0 Å². The molecule has 0 aromatic rings. The summed E-state index contributed by atoms with van der Waals surface area (Å²) in [6.45, 7) is 10.3. The number of piperidine rings is 1. The van der Waals surface area contributed by atoms with Crippen molar-refractivity contribution in [1.82, 2.24) is 9.80 Å². The van der Waals surface area contributed by atoms with Gasteiger partial charge in [0.25, 0.3) is 0 Å². The molecule has 0 saturated carbocycles. The highest BCUT2D eigenvalue weighted by molar-refractivity contribution is 5.87. The molecule has 0 aromatic heterocycles. The highest BCUT2D eigenvalue weighted by Crippen LogP contribution is 2.18. The van der Waals surface area contributed by atoms with Crippen LogP contribution in [0.4, 0.5) is 4.79 Å². The number of carbonyl (C=O) groups is 2. The van der Waals surface area contributed by atoms with E-state index >= 15 is 0 Å². The second kappa shape index (κ2) is 6.08. The molecule has 0 N–H and O–H groups in total. The quantitative estimate of drug-likeness (QED) is 0.720. The molecule has 1 aliphatic heterocycles. The zero-order valence-electron chi connectivity index (χ0n) is 12.3. The van der Waals surface area contributed by atoms with E-state index in [2.05, 4.69) is 6.58 Å². The minimum absolute atomic E-state index is 0.0734. The Kier molecular flexibility index (Phi) is 4.97. The molecule has 0 bridgehead atoms. The van der Waals surface area contributed by atoms with Crippen LogP contribution in [0, 0.1) is 0 Å². The minimum Gasteiger partial charge on any atom is -0.444 e. The first-order valence-electron chi connectivity index (χ1n) is 6.61. The summed E-state index contributed by atoms with van der Waals surface area (Å²) in [5, 5.41) is 0. The third-order valence-electron chi connectivity index (χ3n) is 3.19. The van der Waals surface area contributed by atoms with E-state index in [1.165, 1.54) is 6.08 Å². The summed E-state index contributed by atoms with van der Waals surface area (Å²) in [5.41, 5.74) is -0.469. The molecular weight excluding hydrogens is 244 g/mol. The normalized spacial score (nSPS) is 16.9. The van der Waals surface area contributed by atoms with Gasteiger partial charge in [0.15, 0.2) is 0 Å². The predicted octanol–water partition coefficient (Wildman–Crippen LogP) is 2.03. The van der Waals surface area contributed by atoms with Gasteiger partial charge in [0.1, 0.15) is 5.60 Å². The number of ether oxygens (including phenoxy) is 1. The lowest BCUT2D eigenvalue weighted by atomic mass is 10.0. The van der Waals surface area contributed by atoms with Gasteiger partial charge < -0.3 is 14.5 Å². The van der Waals surface area contributed by atoms with E-state index in [1.54, 1.807) is 16.8 Å². The van der Waals surface area contributed by atoms with E-state index in [9.17, 15) is 9.59 Å². The number of hydrogen-bond acceptors (Lipinski definition) is 3. The fraction of sp³-hybridized carbons (Fsp3) is 0.714. The maximum Gasteiger partial charge on any atom is 0.410 e. The number of hydrogen-bond donors (Lipinski definition) is 0. The van der Waals surface area contributed by atoms with Gasteiger partial charge in [-0.2, -0.15) is 0 Å². The average Bonchev–Trinajstić information content (AvgIpc) is 2.35. The van der Waals surface area contributed by atoms with Crippen LogP contribution in [0.2, 0.25) is 0 Å². The van der Waals surface area contributed by atoms with Gasteiger partial charge >= 0.3 is 6.09 Å². The van der Waals surface area contributed by atoms with Crippen LogP contribution in [0.25, 0.3) is 0 Å². The Morgan fingerprint density at radius 3 is 2.26 bits per heavy atom. The molecule has 0 unspecified atom stereocenters. The lowest BCUT2D eigenvalue weighted by Crippen LogP contribution is -2.48. The minimum atomic E-state index is -0.469. The summed E-state index contributed by atoms with van der Waals surface area (Å²) in [7, 11) is 1.78. The first-order chi connectivity index (χ1) is 8.74. The molecule has 0 aliphatic carbocycles. The summed E-state index contributed by atoms with van der Waals surface area (Å²) in [6.07, 6.45) is 2.59. The van der Waals surface area contributed by atoms with E-state index in [0.29, 0.717) is 13.1 Å². The standard InChI is InChI=1S/C14H24N2O3/c1-6-12(17)15(5)11-7-9-16(10-8-11)13(18)19-14(2,3)4/h6,11H,1,7-10H2,2-5H3. The molecule has 5 nitrogen and oxygen atoms in total. The van der Waals surface area contributed by atoms with Gasteiger partial charge in [0, 0.05) is 26.2 Å². The Balaban J connectivity index is 2.47. The highest BCUT2D eigenvalue weighted by atomic mass is 16.6. The van der Waals surface area contributed by atoms with Crippen LogP contribution in [0.15, 0.2) is 12.7 Å². The largest absolute Gasteiger partial charge is 0.444 e. The number of carbonyl (C=O) groups excluding carboxylic acids is 2. The van der Waals surface area contributed by atoms with E-state index < -0.39 is 5.60 Å². The van der Waals surface area contributed by atoms with Gasteiger partial charge in [-0.15, -0.1) is 0 Å². The van der Waals surface area contributed by atoms with Crippen LogP contribution in [-0.2, 0) is 9.53 Å². The number of nitrogens with zero attached hydrogens (tertiary/aromatic N) is 2. The number of likely N-dealkylation sites (N-methyl/N-ethyl adjacent to an activating group) is 1. The van der Waals surface area contributed by atoms with Crippen molar-refractivity contribution in [2.24, 2.45) is 0 Å². The molecule has 0 spiro atoms. The van der Waals surface area contributed by atoms with Gasteiger partial charge in [0.2, 0.25) is 5.91 Å². The molecule has 2 amide bonds. The fourth-order valence-corrected chi connectivity index (χ4v) is 2.09. The van der Waals surface area contributed by atoms with Gasteiger partial charge in [-0.05, 0) is 39.7 Å². The summed E-state index contributed by atoms with van der Waals surface area (Å²) < 4.78 is 5.33. The molecule has 1 aliphatic rings. The van der Waals surface area contributed by atoms with Crippen LogP contribution in [-0.4, -0.2) is 53.6 Å². The second-order valence-corrected chi connectivity index (χ2v) is 5.85. The van der Waals surface area contributed by atoms with Crippen molar-refractivity contribution >= 4 is 12.0 Å². The summed E-state index contributed by atoms with van der Waals surface area (Å²) in [5.74, 6) is -0.0734. The zero-order valence-corrected chi connectivity index (χ0v) is 12.3. The third kappa shape index (κ3) is 4.58. The Bertz CT molecular complexity index is 352. The van der Waals surface area contributed by atoms with Crippen molar-refractivity contribution < 1.29 is 14.3 Å². The molecule has 1 heterocycles. The Morgan fingerprint density at radius 1 is 1.32 bits per heavy atom. The van der Waals surface area contributed by atoms with Crippen molar-refractivity contribution in [2.75, 3.05) is 20.1 Å². The number of rotatable bonds is 2. The van der Waals surface area contributed by atoms with Gasteiger partial charge in [-0.3, -0.25) is 4.79 Å². The van der Waals surface area contributed by atoms with Crippen LogP contribution in [0.1, 0.15) is 33.6 Å². The molecule has 5 heteroatoms. The maximum atomic E-state index is 11.9. The zero-order chi connectivity index (χ0) is 14.6. The Morgan fingerprint density at radius 2 is 1.84 bits per heavy atom. The highest BCUT2D eigenvalue weighted by Gasteiger charge is 2.29. The number of likely N-dealkylation sites (tertiary alicyclic amines) is 1. The van der Waals surface area contributed by atoms with E-state index in [4.69, 9.17) is 4.74 Å². The predicted molar refractivity (Wildman–Crippen MR) is 73.8 cm³/mol. The molecule has 1 saturated heterocycles. The fourth-order valence-electron chi connectivity index (χ4n) is 2.09. The van der Waals surface area contributed by atoms with Crippen LogP contribution in [0.5, 0.6) is 0 Å². The Labute approximate surface area is 115 Å². The summed E-state index contributed by atoms with van der Waals surface area (Å²) >= 11 is 0. The first-order valence-corrected chi connectivity index (χ1v) is 6.61. The van der Waals surface area contributed by atoms with Crippen LogP contribution < -0.4 is 0 Å². The topological polar surface area (TPSA) is 49.9 Å². The van der Waals surface area contributed by atoms with Crippen molar-refractivity contribution in [3.63, 3.8) is 0 Å². The van der Waals surface area contributed by atoms with E-state index in [0.717, 1.165) is 12.8 Å². The molecule has 0 aromatic carbocycles. The molecule has 0 radical (unpaired) electrons. The maximum absolute atomic E-state index is 11.9. The van der Waals surface area contributed by atoms with E-state index in [1.807, 2.05) is 20.8 Å². The van der Waals surface area contributed by atoms with Crippen LogP contribution >= 0.6 is 0 Å². The first kappa shape index (κ1) is 15.5. The van der Waals surface area contributed by atoms with Gasteiger partial charge in [0.05, 0.1) is 0 Å². The SMILES string of the molecule is C=CC(=O)N(C)C1CCN(C(=O)OC(C)(C)C)CC1. The van der Waals surface area contributed by atoms with Crippen molar-refractivity contribution in [3.05, 3.63) is 12.7 Å². The summed E-state index contributed by atoms with van der Waals surface area (Å²) in [6, 6.07) is 0.171. The molecule has 0 atom stereocenters. The monoisotopic (exact) mass is 268 g/mol. The number of amides is 2. The van der Waals surface area contributed by atoms with Crippen molar-refractivity contribution in [2.45, 2.75) is 45.3 Å². The third-order valence-corrected chi connectivity index (χ3v) is 3.19. The van der Waals surface area contributed by atoms with Crippen molar-refractivity contribution in [1.29, 1.82) is 0 Å². The molecule has 19 heavy (non-hydrogen) atoms. The van der Waals surface area contributed by atoms with Gasteiger partial charge in [-0.1, -0.05) is 6.58 Å². The van der Waals surface area contributed by atoms with Crippen LogP contribution in [0.3, 0.4) is 0 Å². The smallest absolute Gasteiger partial charge is 0.410 e. The molecule has 1 rings (SSSR count). The van der Waals surface area contributed by atoms with Gasteiger partial charge in [-0.25, -0.2) is 4.79 Å². The molecule has 1 fully saturated rings.